The van der Waals surface area contributed by atoms with Gasteiger partial charge < -0.3 is 19.9 Å². The van der Waals surface area contributed by atoms with E-state index in [9.17, 15) is 14.9 Å². The fraction of sp³-hybridized carbons (Fsp3) is 0.192. The van der Waals surface area contributed by atoms with Gasteiger partial charge in [-0.25, -0.2) is 0 Å². The van der Waals surface area contributed by atoms with Crippen molar-refractivity contribution in [2.45, 2.75) is 27.7 Å². The van der Waals surface area contributed by atoms with Gasteiger partial charge in [0.05, 0.1) is 6.61 Å². The standard InChI is InChI=1S/C26H26N4O3/c1-5-33-25-12-8-23(9-13-25)29-26(32)21(16-27)15-20-14-17(2)30(18(20)3)24-10-6-22(7-11-24)28-19(4)31/h6-15H,5H2,1-4H3,(H,28,31)(H,29,32). The Bertz CT molecular complexity index is 1230. The Hall–Kier alpha value is -4.31. The first-order valence-corrected chi connectivity index (χ1v) is 10.6. The summed E-state index contributed by atoms with van der Waals surface area (Å²) in [6.45, 7) is 7.81. The van der Waals surface area contributed by atoms with E-state index in [-0.39, 0.29) is 11.5 Å². The average Bonchev–Trinajstić information content (AvgIpc) is 3.06. The summed E-state index contributed by atoms with van der Waals surface area (Å²) in [7, 11) is 0. The zero-order chi connectivity index (χ0) is 24.0. The van der Waals surface area contributed by atoms with Crippen molar-refractivity contribution in [1.82, 2.24) is 4.57 Å². The molecule has 0 aliphatic carbocycles. The van der Waals surface area contributed by atoms with Crippen LogP contribution in [0, 0.1) is 25.2 Å². The molecule has 1 aromatic heterocycles. The number of nitrogens with one attached hydrogen (secondary N) is 2. The number of hydrogen-bond acceptors (Lipinski definition) is 4. The van der Waals surface area contributed by atoms with Crippen molar-refractivity contribution in [3.05, 3.63) is 77.1 Å². The molecule has 0 aliphatic rings. The zero-order valence-electron chi connectivity index (χ0n) is 19.1. The Morgan fingerprint density at radius 2 is 1.64 bits per heavy atom. The van der Waals surface area contributed by atoms with E-state index in [2.05, 4.69) is 10.6 Å². The third-order valence-corrected chi connectivity index (χ3v) is 5.00. The van der Waals surface area contributed by atoms with Crippen LogP contribution in [0.3, 0.4) is 0 Å². The van der Waals surface area contributed by atoms with Gasteiger partial charge in [0.1, 0.15) is 17.4 Å². The lowest BCUT2D eigenvalue weighted by atomic mass is 10.1. The van der Waals surface area contributed by atoms with Crippen LogP contribution in [0.1, 0.15) is 30.8 Å². The van der Waals surface area contributed by atoms with Crippen molar-refractivity contribution in [3.8, 4) is 17.5 Å². The molecule has 0 aliphatic heterocycles. The Kier molecular flexibility index (Phi) is 7.31. The van der Waals surface area contributed by atoms with Crippen LogP contribution >= 0.6 is 0 Å². The zero-order valence-corrected chi connectivity index (χ0v) is 19.1. The number of anilines is 2. The number of nitriles is 1. The molecule has 0 saturated heterocycles. The van der Waals surface area contributed by atoms with Gasteiger partial charge in [0, 0.05) is 35.4 Å². The van der Waals surface area contributed by atoms with Gasteiger partial charge in [0.25, 0.3) is 5.91 Å². The lowest BCUT2D eigenvalue weighted by Gasteiger charge is -2.11. The predicted molar refractivity (Wildman–Crippen MR) is 129 cm³/mol. The maximum Gasteiger partial charge on any atom is 0.266 e. The second kappa shape index (κ2) is 10.3. The van der Waals surface area contributed by atoms with E-state index in [0.717, 1.165) is 22.6 Å². The minimum atomic E-state index is -0.480. The number of carbonyl (C=O) groups is 2. The quantitative estimate of drug-likeness (QED) is 0.398. The summed E-state index contributed by atoms with van der Waals surface area (Å²) in [4.78, 5) is 23.9. The summed E-state index contributed by atoms with van der Waals surface area (Å²) in [6, 6.07) is 18.4. The number of nitrogens with zero attached hydrogens (tertiary/aromatic N) is 2. The molecule has 7 heteroatoms. The molecule has 2 aromatic carbocycles. The van der Waals surface area contributed by atoms with Crippen molar-refractivity contribution in [2.75, 3.05) is 17.2 Å². The largest absolute Gasteiger partial charge is 0.494 e. The maximum atomic E-state index is 12.7. The monoisotopic (exact) mass is 442 g/mol. The number of hydrogen-bond donors (Lipinski definition) is 2. The fourth-order valence-corrected chi connectivity index (χ4v) is 3.53. The molecule has 0 radical (unpaired) electrons. The average molecular weight is 443 g/mol. The van der Waals surface area contributed by atoms with Gasteiger partial charge in [-0.1, -0.05) is 0 Å². The summed E-state index contributed by atoms with van der Waals surface area (Å²) < 4.78 is 7.43. The predicted octanol–water partition coefficient (Wildman–Crippen LogP) is 5.00. The van der Waals surface area contributed by atoms with E-state index in [0.29, 0.717) is 23.7 Å². The highest BCUT2D eigenvalue weighted by atomic mass is 16.5. The van der Waals surface area contributed by atoms with Gasteiger partial charge in [-0.05, 0) is 87.0 Å². The molecule has 2 N–H and O–H groups in total. The Morgan fingerprint density at radius 3 is 2.21 bits per heavy atom. The van der Waals surface area contributed by atoms with Crippen molar-refractivity contribution in [3.63, 3.8) is 0 Å². The number of benzene rings is 2. The molecule has 7 nitrogen and oxygen atoms in total. The topological polar surface area (TPSA) is 96.2 Å². The maximum absolute atomic E-state index is 12.7. The third-order valence-electron chi connectivity index (χ3n) is 5.00. The fourth-order valence-electron chi connectivity index (χ4n) is 3.53. The molecule has 3 rings (SSSR count). The molecule has 0 bridgehead atoms. The van der Waals surface area contributed by atoms with Gasteiger partial charge >= 0.3 is 0 Å². The molecule has 0 unspecified atom stereocenters. The first-order chi connectivity index (χ1) is 15.8. The van der Waals surface area contributed by atoms with Gasteiger partial charge in [-0.3, -0.25) is 9.59 Å². The molecule has 0 spiro atoms. The Balaban J connectivity index is 1.83. The van der Waals surface area contributed by atoms with Crippen LogP contribution in [0.15, 0.2) is 60.2 Å². The van der Waals surface area contributed by atoms with Crippen LogP contribution in [-0.2, 0) is 9.59 Å². The van der Waals surface area contributed by atoms with Gasteiger partial charge in [0.15, 0.2) is 0 Å². The van der Waals surface area contributed by atoms with Crippen molar-refractivity contribution in [1.29, 1.82) is 5.26 Å². The summed E-state index contributed by atoms with van der Waals surface area (Å²) >= 11 is 0. The van der Waals surface area contributed by atoms with E-state index in [1.54, 1.807) is 30.3 Å². The van der Waals surface area contributed by atoms with E-state index in [1.165, 1.54) is 6.92 Å². The van der Waals surface area contributed by atoms with Gasteiger partial charge in [0.2, 0.25) is 5.91 Å². The number of aromatic nitrogens is 1. The molecule has 168 valence electrons. The lowest BCUT2D eigenvalue weighted by Crippen LogP contribution is -2.13. The lowest BCUT2D eigenvalue weighted by molar-refractivity contribution is -0.114. The molecule has 33 heavy (non-hydrogen) atoms. The molecule has 1 heterocycles. The summed E-state index contributed by atoms with van der Waals surface area (Å²) in [5.74, 6) is 0.103. The van der Waals surface area contributed by atoms with E-state index in [1.807, 2.05) is 61.7 Å². The summed E-state index contributed by atoms with van der Waals surface area (Å²) in [6.07, 6.45) is 1.59. The van der Waals surface area contributed by atoms with Crippen LogP contribution in [-0.4, -0.2) is 23.0 Å². The molecule has 3 aromatic rings. The minimum absolute atomic E-state index is 0.00476. The van der Waals surface area contributed by atoms with Crippen LogP contribution in [0.5, 0.6) is 5.75 Å². The SMILES string of the molecule is CCOc1ccc(NC(=O)C(C#N)=Cc2cc(C)n(-c3ccc(NC(C)=O)cc3)c2C)cc1. The van der Waals surface area contributed by atoms with Crippen LogP contribution in [0.25, 0.3) is 11.8 Å². The third kappa shape index (κ3) is 5.69. The second-order valence-corrected chi connectivity index (χ2v) is 7.47. The smallest absolute Gasteiger partial charge is 0.266 e. The van der Waals surface area contributed by atoms with Crippen molar-refractivity contribution < 1.29 is 14.3 Å². The Labute approximate surface area is 193 Å². The first kappa shape index (κ1) is 23.4. The van der Waals surface area contributed by atoms with Crippen LogP contribution < -0.4 is 15.4 Å². The highest BCUT2D eigenvalue weighted by Crippen LogP contribution is 2.24. The van der Waals surface area contributed by atoms with E-state index < -0.39 is 5.91 Å². The normalized spacial score (nSPS) is 10.9. The summed E-state index contributed by atoms with van der Waals surface area (Å²) in [5.41, 5.74) is 4.83. The molecular formula is C26H26N4O3. The van der Waals surface area contributed by atoms with Gasteiger partial charge in [-0.2, -0.15) is 5.26 Å². The highest BCUT2D eigenvalue weighted by Gasteiger charge is 2.14. The van der Waals surface area contributed by atoms with E-state index >= 15 is 0 Å². The number of rotatable bonds is 7. The minimum Gasteiger partial charge on any atom is -0.494 e. The molecular weight excluding hydrogens is 416 g/mol. The summed E-state index contributed by atoms with van der Waals surface area (Å²) in [5, 5.41) is 15.1. The number of ether oxygens (including phenoxy) is 1. The van der Waals surface area contributed by atoms with Crippen LogP contribution in [0.2, 0.25) is 0 Å². The molecule has 2 amide bonds. The van der Waals surface area contributed by atoms with Crippen molar-refractivity contribution in [2.24, 2.45) is 0 Å². The first-order valence-electron chi connectivity index (χ1n) is 10.6. The molecule has 0 atom stereocenters. The van der Waals surface area contributed by atoms with Crippen LogP contribution in [0.4, 0.5) is 11.4 Å². The molecule has 0 saturated carbocycles. The Morgan fingerprint density at radius 1 is 1.03 bits per heavy atom. The van der Waals surface area contributed by atoms with Crippen molar-refractivity contribution >= 4 is 29.3 Å². The van der Waals surface area contributed by atoms with E-state index in [4.69, 9.17) is 4.74 Å². The number of amides is 2. The van der Waals surface area contributed by atoms with Gasteiger partial charge in [-0.15, -0.1) is 0 Å². The second-order valence-electron chi connectivity index (χ2n) is 7.47. The highest BCUT2D eigenvalue weighted by molar-refractivity contribution is 6.09. The number of carbonyl (C=O) groups excluding carboxylic acids is 2. The molecule has 0 fully saturated rings. The number of aryl methyl sites for hydroxylation is 1.